The molecule has 2 fully saturated rings. The van der Waals surface area contributed by atoms with E-state index >= 15 is 0 Å². The SMILES string of the molecule is COc1ccccc1C(=O)N1CCN(CC2CCNC2)CC1. The molecule has 2 saturated heterocycles. The van der Waals surface area contributed by atoms with E-state index in [0.29, 0.717) is 11.3 Å². The molecule has 2 heterocycles. The van der Waals surface area contributed by atoms with Gasteiger partial charge in [0, 0.05) is 32.7 Å². The van der Waals surface area contributed by atoms with Crippen LogP contribution in [-0.2, 0) is 0 Å². The number of rotatable bonds is 4. The van der Waals surface area contributed by atoms with E-state index in [1.807, 2.05) is 29.2 Å². The summed E-state index contributed by atoms with van der Waals surface area (Å²) < 4.78 is 5.30. The molecule has 1 aromatic carbocycles. The summed E-state index contributed by atoms with van der Waals surface area (Å²) in [5.41, 5.74) is 0.665. The average Bonchev–Trinajstić information content (AvgIpc) is 3.08. The molecular formula is C17H25N3O2. The number of piperazine rings is 1. The molecule has 2 aliphatic rings. The lowest BCUT2D eigenvalue weighted by Gasteiger charge is -2.36. The zero-order valence-electron chi connectivity index (χ0n) is 13.3. The second-order valence-corrected chi connectivity index (χ2v) is 6.15. The first-order valence-corrected chi connectivity index (χ1v) is 8.13. The van der Waals surface area contributed by atoms with Crippen molar-refractivity contribution in [3.8, 4) is 5.75 Å². The molecule has 3 rings (SSSR count). The molecule has 0 aromatic heterocycles. The van der Waals surface area contributed by atoms with Crippen LogP contribution in [0.5, 0.6) is 5.75 Å². The zero-order chi connectivity index (χ0) is 15.4. The Bertz CT molecular complexity index is 506. The van der Waals surface area contributed by atoms with Crippen LogP contribution in [0.2, 0.25) is 0 Å². The van der Waals surface area contributed by atoms with Gasteiger partial charge in [-0.1, -0.05) is 12.1 Å². The average molecular weight is 303 g/mol. The van der Waals surface area contributed by atoms with Gasteiger partial charge in [-0.25, -0.2) is 0 Å². The highest BCUT2D eigenvalue weighted by Gasteiger charge is 2.26. The van der Waals surface area contributed by atoms with Gasteiger partial charge in [0.05, 0.1) is 12.7 Å². The molecule has 0 spiro atoms. The van der Waals surface area contributed by atoms with Gasteiger partial charge >= 0.3 is 0 Å². The summed E-state index contributed by atoms with van der Waals surface area (Å²) in [6.07, 6.45) is 1.28. The van der Waals surface area contributed by atoms with Gasteiger partial charge in [0.1, 0.15) is 5.75 Å². The lowest BCUT2D eigenvalue weighted by molar-refractivity contribution is 0.0617. The Labute approximate surface area is 132 Å². The van der Waals surface area contributed by atoms with Gasteiger partial charge in [-0.2, -0.15) is 0 Å². The molecule has 0 aliphatic carbocycles. The zero-order valence-corrected chi connectivity index (χ0v) is 13.3. The van der Waals surface area contributed by atoms with E-state index in [0.717, 1.165) is 51.7 Å². The van der Waals surface area contributed by atoms with Crippen molar-refractivity contribution >= 4 is 5.91 Å². The fourth-order valence-electron chi connectivity index (χ4n) is 3.36. The molecule has 22 heavy (non-hydrogen) atoms. The van der Waals surface area contributed by atoms with Gasteiger partial charge in [0.15, 0.2) is 0 Å². The monoisotopic (exact) mass is 303 g/mol. The number of hydrogen-bond acceptors (Lipinski definition) is 4. The highest BCUT2D eigenvalue weighted by atomic mass is 16.5. The summed E-state index contributed by atoms with van der Waals surface area (Å²) >= 11 is 0. The van der Waals surface area contributed by atoms with Gasteiger partial charge in [0.2, 0.25) is 0 Å². The number of nitrogens with one attached hydrogen (secondary N) is 1. The van der Waals surface area contributed by atoms with Gasteiger partial charge in [-0.05, 0) is 37.6 Å². The van der Waals surface area contributed by atoms with Crippen LogP contribution >= 0.6 is 0 Å². The molecule has 1 atom stereocenters. The second kappa shape index (κ2) is 7.11. The summed E-state index contributed by atoms with van der Waals surface area (Å²) in [6.45, 7) is 6.99. The van der Waals surface area contributed by atoms with Gasteiger partial charge in [0.25, 0.3) is 5.91 Å². The maximum Gasteiger partial charge on any atom is 0.257 e. The molecule has 5 heteroatoms. The predicted molar refractivity (Wildman–Crippen MR) is 86.3 cm³/mol. The van der Waals surface area contributed by atoms with Crippen molar-refractivity contribution in [1.82, 2.24) is 15.1 Å². The van der Waals surface area contributed by atoms with Crippen molar-refractivity contribution < 1.29 is 9.53 Å². The fraction of sp³-hybridized carbons (Fsp3) is 0.588. The van der Waals surface area contributed by atoms with Crippen LogP contribution in [0.4, 0.5) is 0 Å². The Balaban J connectivity index is 1.55. The number of benzene rings is 1. The fourth-order valence-corrected chi connectivity index (χ4v) is 3.36. The molecule has 0 saturated carbocycles. The lowest BCUT2D eigenvalue weighted by atomic mass is 10.1. The van der Waals surface area contributed by atoms with Crippen LogP contribution in [0.1, 0.15) is 16.8 Å². The molecule has 1 N–H and O–H groups in total. The number of amides is 1. The van der Waals surface area contributed by atoms with E-state index in [1.54, 1.807) is 7.11 Å². The third-order valence-corrected chi connectivity index (χ3v) is 4.68. The first-order chi connectivity index (χ1) is 10.8. The van der Waals surface area contributed by atoms with Gasteiger partial charge in [-0.15, -0.1) is 0 Å². The number of nitrogens with zero attached hydrogens (tertiary/aromatic N) is 2. The van der Waals surface area contributed by atoms with Crippen LogP contribution in [0, 0.1) is 5.92 Å². The van der Waals surface area contributed by atoms with E-state index in [2.05, 4.69) is 10.2 Å². The minimum Gasteiger partial charge on any atom is -0.496 e. The standard InChI is InChI=1S/C17H25N3O2/c1-22-16-5-3-2-4-15(16)17(21)20-10-8-19(9-11-20)13-14-6-7-18-12-14/h2-5,14,18H,6-13H2,1H3. The molecule has 0 radical (unpaired) electrons. The Morgan fingerprint density at radius 3 is 2.73 bits per heavy atom. The van der Waals surface area contributed by atoms with Crippen molar-refractivity contribution in [2.24, 2.45) is 5.92 Å². The van der Waals surface area contributed by atoms with Crippen LogP contribution < -0.4 is 10.1 Å². The molecule has 0 bridgehead atoms. The number of carbonyl (C=O) groups is 1. The quantitative estimate of drug-likeness (QED) is 0.903. The van der Waals surface area contributed by atoms with E-state index in [1.165, 1.54) is 6.42 Å². The van der Waals surface area contributed by atoms with E-state index < -0.39 is 0 Å². The number of para-hydroxylation sites is 1. The molecule has 2 aliphatic heterocycles. The number of ether oxygens (including phenoxy) is 1. The molecule has 5 nitrogen and oxygen atoms in total. The first kappa shape index (κ1) is 15.3. The largest absolute Gasteiger partial charge is 0.496 e. The topological polar surface area (TPSA) is 44.8 Å². The third kappa shape index (κ3) is 3.42. The van der Waals surface area contributed by atoms with Crippen molar-refractivity contribution in [3.05, 3.63) is 29.8 Å². The second-order valence-electron chi connectivity index (χ2n) is 6.15. The smallest absolute Gasteiger partial charge is 0.257 e. The third-order valence-electron chi connectivity index (χ3n) is 4.68. The Kier molecular flexibility index (Phi) is 4.95. The van der Waals surface area contributed by atoms with E-state index in [9.17, 15) is 4.79 Å². The van der Waals surface area contributed by atoms with Crippen molar-refractivity contribution in [3.63, 3.8) is 0 Å². The highest BCUT2D eigenvalue weighted by molar-refractivity contribution is 5.97. The van der Waals surface area contributed by atoms with Crippen molar-refractivity contribution in [2.75, 3.05) is 52.9 Å². The Hall–Kier alpha value is -1.59. The number of methoxy groups -OCH3 is 1. The van der Waals surface area contributed by atoms with Crippen LogP contribution in [0.25, 0.3) is 0 Å². The Morgan fingerprint density at radius 1 is 1.27 bits per heavy atom. The normalized spacial score (nSPS) is 22.8. The van der Waals surface area contributed by atoms with Crippen LogP contribution in [0.15, 0.2) is 24.3 Å². The molecule has 120 valence electrons. The predicted octanol–water partition coefficient (Wildman–Crippen LogP) is 1.06. The van der Waals surface area contributed by atoms with Gasteiger partial charge < -0.3 is 15.0 Å². The summed E-state index contributed by atoms with van der Waals surface area (Å²) in [5, 5.41) is 3.42. The van der Waals surface area contributed by atoms with Crippen LogP contribution in [0.3, 0.4) is 0 Å². The maximum absolute atomic E-state index is 12.6. The summed E-state index contributed by atoms with van der Waals surface area (Å²) in [7, 11) is 1.61. The lowest BCUT2D eigenvalue weighted by Crippen LogP contribution is -2.50. The summed E-state index contributed by atoms with van der Waals surface area (Å²) in [5.74, 6) is 1.52. The summed E-state index contributed by atoms with van der Waals surface area (Å²) in [4.78, 5) is 17.1. The minimum atomic E-state index is 0.0830. The molecular weight excluding hydrogens is 278 g/mol. The van der Waals surface area contributed by atoms with Crippen molar-refractivity contribution in [1.29, 1.82) is 0 Å². The minimum absolute atomic E-state index is 0.0830. The molecule has 1 unspecified atom stereocenters. The summed E-state index contributed by atoms with van der Waals surface area (Å²) in [6, 6.07) is 7.47. The maximum atomic E-state index is 12.6. The van der Waals surface area contributed by atoms with Gasteiger partial charge in [-0.3, -0.25) is 9.69 Å². The highest BCUT2D eigenvalue weighted by Crippen LogP contribution is 2.20. The van der Waals surface area contributed by atoms with Crippen molar-refractivity contribution in [2.45, 2.75) is 6.42 Å². The number of hydrogen-bond donors (Lipinski definition) is 1. The van der Waals surface area contributed by atoms with E-state index in [-0.39, 0.29) is 5.91 Å². The Morgan fingerprint density at radius 2 is 2.05 bits per heavy atom. The molecule has 1 amide bonds. The van der Waals surface area contributed by atoms with E-state index in [4.69, 9.17) is 4.74 Å². The molecule has 1 aromatic rings. The number of carbonyl (C=O) groups excluding carboxylic acids is 1. The van der Waals surface area contributed by atoms with Crippen LogP contribution in [-0.4, -0.2) is 68.6 Å². The first-order valence-electron chi connectivity index (χ1n) is 8.13.